The standard InChI is InChI=1S/C11H12ClF3.C11H14ClFO.2C11H15Cl.C11H15FO.C10H11ClF2.C10H12ClF.C10H13Cl/c1-10(2,3)9-6-7(12)4-5-8(9)11(13,14)15;1-11(2,3)9-8(14-4)6-5-7(12)10(9)13;2*1-8-5-6-9(12)7-10(8)11(2,3)4;1-11(2,3)8-6-5-7-9(13-4)10(8)12;1-10(2,3)8-7(12)5-4-6(11)9(8)13;1-10(2,3)7-5-4-6-8(11)9(7)12;1-10(2,3)8-5-4-6-9(11)7-8/h4-6H,1-3H3;5-6H,1-4H3;2*5-7H,1-4H3;5-7H,1-4H3;4-5H,1-3H3;4-6H,1-3H3;4-7H,1-3H3. The van der Waals surface area contributed by atoms with E-state index in [-0.39, 0.29) is 70.3 Å². The van der Waals surface area contributed by atoms with Crippen molar-refractivity contribution in [2.75, 3.05) is 14.2 Å². The van der Waals surface area contributed by atoms with Gasteiger partial charge < -0.3 is 9.47 Å². The number of hydrogen-bond donors (Lipinski definition) is 0. The summed E-state index contributed by atoms with van der Waals surface area (Å²) in [5.41, 5.74) is 6.84. The van der Waals surface area contributed by atoms with E-state index in [1.165, 1.54) is 72.4 Å². The average molecular weight is 1560 g/mol. The highest BCUT2D eigenvalue weighted by atomic mass is 35.5. The molecule has 0 aliphatic heterocycles. The number of methoxy groups -OCH3 is 2. The molecule has 0 aliphatic rings. The van der Waals surface area contributed by atoms with Crippen LogP contribution in [0, 0.1) is 42.9 Å². The molecule has 102 heavy (non-hydrogen) atoms. The quantitative estimate of drug-likeness (QED) is 0.127. The van der Waals surface area contributed by atoms with Gasteiger partial charge in [0, 0.05) is 31.2 Å². The van der Waals surface area contributed by atoms with Crippen LogP contribution in [0.2, 0.25) is 35.2 Å². The fraction of sp³-hybridized carbons (Fsp3) is 0.435. The largest absolute Gasteiger partial charge is 0.496 e. The molecule has 0 fully saturated rings. The van der Waals surface area contributed by atoms with Gasteiger partial charge in [0.2, 0.25) is 0 Å². The van der Waals surface area contributed by atoms with Crippen molar-refractivity contribution < 1.29 is 44.6 Å². The molecule has 0 amide bonds. The smallest absolute Gasteiger partial charge is 0.416 e. The molecule has 8 aromatic rings. The minimum atomic E-state index is -4.33. The van der Waals surface area contributed by atoms with Crippen LogP contribution in [-0.4, -0.2) is 14.2 Å². The van der Waals surface area contributed by atoms with Gasteiger partial charge in [-0.15, -0.1) is 0 Å². The van der Waals surface area contributed by atoms with E-state index in [1.807, 2.05) is 98.7 Å². The Balaban J connectivity index is 0.000000584. The van der Waals surface area contributed by atoms with Gasteiger partial charge in [0.1, 0.15) is 29.0 Å². The summed E-state index contributed by atoms with van der Waals surface area (Å²) in [6.07, 6.45) is -4.33. The van der Waals surface area contributed by atoms with Crippen molar-refractivity contribution in [1.82, 2.24) is 0 Å². The summed E-state index contributed by atoms with van der Waals surface area (Å²) in [4.78, 5) is 0. The maximum atomic E-state index is 13.7. The molecule has 0 bridgehead atoms. The molecule has 0 radical (unpaired) electrons. The fourth-order valence-corrected chi connectivity index (χ4v) is 11.3. The summed E-state index contributed by atoms with van der Waals surface area (Å²) in [6, 6.07) is 39.7. The van der Waals surface area contributed by atoms with E-state index in [1.54, 1.807) is 77.9 Å². The third kappa shape index (κ3) is 31.1. The molecule has 0 N–H and O–H groups in total. The Morgan fingerprint density at radius 3 is 0.951 bits per heavy atom. The van der Waals surface area contributed by atoms with Crippen LogP contribution in [0.5, 0.6) is 11.5 Å². The Bertz CT molecular complexity index is 3900. The van der Waals surface area contributed by atoms with Crippen LogP contribution in [0.4, 0.5) is 35.1 Å². The first kappa shape index (κ1) is 94.8. The summed E-state index contributed by atoms with van der Waals surface area (Å²) in [5.74, 6) is -1.29. The van der Waals surface area contributed by atoms with Crippen LogP contribution in [0.1, 0.15) is 227 Å². The van der Waals surface area contributed by atoms with Crippen LogP contribution in [-0.2, 0) is 49.5 Å². The van der Waals surface area contributed by atoms with Gasteiger partial charge in [0.05, 0.1) is 34.9 Å². The maximum absolute atomic E-state index is 13.7. The SMILES string of the molecule is CC(C)(C)c1c(F)ccc(Cl)c1F.CC(C)(C)c1cc(Cl)ccc1C(F)(F)F.CC(C)(C)c1cccc(Cl)c1.CC(C)(C)c1cccc(Cl)c1F.COc1ccc(Cl)c(F)c1C(C)(C)C.COc1cccc(C(C)(C)C)c1F.Cc1ccc(Cl)cc1C(C)(C)C.Cc1ccc(Cl)cc1C(C)(C)C. The van der Waals surface area contributed by atoms with Crippen molar-refractivity contribution in [2.45, 2.75) is 230 Å². The number of benzene rings is 8. The topological polar surface area (TPSA) is 18.5 Å². The number of rotatable bonds is 2. The summed E-state index contributed by atoms with van der Waals surface area (Å²) in [7, 11) is 3.00. The van der Waals surface area contributed by atoms with Gasteiger partial charge in [-0.1, -0.05) is 296 Å². The molecule has 8 rings (SSSR count). The summed E-state index contributed by atoms with van der Waals surface area (Å²) in [6.45, 7) is 52.0. The summed E-state index contributed by atoms with van der Waals surface area (Å²) in [5, 5.41) is 3.09. The van der Waals surface area contributed by atoms with Crippen LogP contribution >= 0.6 is 81.2 Å². The molecule has 564 valence electrons. The molecule has 8 aromatic carbocycles. The van der Waals surface area contributed by atoms with Crippen LogP contribution in [0.15, 0.2) is 140 Å². The third-order valence-corrected chi connectivity index (χ3v) is 17.2. The van der Waals surface area contributed by atoms with Gasteiger partial charge in [0.25, 0.3) is 0 Å². The molecular weight excluding hydrogens is 1450 g/mol. The molecule has 2 nitrogen and oxygen atoms in total. The van der Waals surface area contributed by atoms with Crippen LogP contribution in [0.3, 0.4) is 0 Å². The lowest BCUT2D eigenvalue weighted by Crippen LogP contribution is -2.19. The molecule has 0 heterocycles. The fourth-order valence-electron chi connectivity index (χ4n) is 10.1. The van der Waals surface area contributed by atoms with Gasteiger partial charge in [-0.2, -0.15) is 13.2 Å². The number of halogens is 15. The van der Waals surface area contributed by atoms with Crippen LogP contribution < -0.4 is 9.47 Å². The van der Waals surface area contributed by atoms with E-state index < -0.39 is 40.0 Å². The van der Waals surface area contributed by atoms with Crippen molar-refractivity contribution in [1.29, 1.82) is 0 Å². The molecule has 0 saturated carbocycles. The lowest BCUT2D eigenvalue weighted by atomic mass is 9.83. The van der Waals surface area contributed by atoms with Gasteiger partial charge in [-0.05, 0) is 193 Å². The van der Waals surface area contributed by atoms with E-state index in [0.29, 0.717) is 33.2 Å². The second kappa shape index (κ2) is 38.9. The molecule has 0 saturated heterocycles. The predicted octanol–water partition coefficient (Wildman–Crippen LogP) is 30.8. The lowest BCUT2D eigenvalue weighted by molar-refractivity contribution is -0.138. The van der Waals surface area contributed by atoms with Crippen molar-refractivity contribution in [3.05, 3.63) is 265 Å². The molecular formula is C85H107Cl7F8O2. The van der Waals surface area contributed by atoms with Crippen molar-refractivity contribution in [2.24, 2.45) is 0 Å². The van der Waals surface area contributed by atoms with Gasteiger partial charge in [-0.3, -0.25) is 0 Å². The van der Waals surface area contributed by atoms with Crippen molar-refractivity contribution >= 4 is 81.2 Å². The van der Waals surface area contributed by atoms with Gasteiger partial charge in [-0.25, -0.2) is 22.0 Å². The average Bonchev–Trinajstić information content (AvgIpc) is 0.462. The molecule has 0 atom stereocenters. The van der Waals surface area contributed by atoms with E-state index in [9.17, 15) is 35.1 Å². The van der Waals surface area contributed by atoms with Crippen molar-refractivity contribution in [3.63, 3.8) is 0 Å². The Labute approximate surface area is 641 Å². The van der Waals surface area contributed by atoms with Crippen LogP contribution in [0.25, 0.3) is 0 Å². The van der Waals surface area contributed by atoms with Gasteiger partial charge >= 0.3 is 6.18 Å². The summed E-state index contributed by atoms with van der Waals surface area (Å²) >= 11 is 40.3. The molecule has 0 aliphatic carbocycles. The van der Waals surface area contributed by atoms with E-state index in [4.69, 9.17) is 90.7 Å². The molecule has 0 spiro atoms. The number of aryl methyl sites for hydroxylation is 2. The first-order valence-electron chi connectivity index (χ1n) is 33.2. The second-order valence-corrected chi connectivity index (χ2v) is 35.7. The van der Waals surface area contributed by atoms with Crippen molar-refractivity contribution in [3.8, 4) is 11.5 Å². The zero-order valence-corrected chi connectivity index (χ0v) is 70.1. The zero-order valence-electron chi connectivity index (χ0n) is 64.8. The number of ether oxygens (including phenoxy) is 2. The highest BCUT2D eigenvalue weighted by Gasteiger charge is 2.36. The maximum Gasteiger partial charge on any atom is 0.416 e. The third-order valence-electron chi connectivity index (χ3n) is 15.4. The Kier molecular flexibility index (Phi) is 36.2. The first-order chi connectivity index (χ1) is 46.0. The Morgan fingerprint density at radius 2 is 0.618 bits per heavy atom. The highest BCUT2D eigenvalue weighted by molar-refractivity contribution is 6.32. The minimum absolute atomic E-state index is 0.0358. The summed E-state index contributed by atoms with van der Waals surface area (Å²) < 4.78 is 115. The number of hydrogen-bond acceptors (Lipinski definition) is 2. The van der Waals surface area contributed by atoms with E-state index >= 15 is 0 Å². The Hall–Kier alpha value is -5.17. The monoisotopic (exact) mass is 1560 g/mol. The number of alkyl halides is 3. The molecule has 0 aromatic heterocycles. The normalized spacial score (nSPS) is 11.9. The van der Waals surface area contributed by atoms with E-state index in [2.05, 4.69) is 106 Å². The lowest BCUT2D eigenvalue weighted by Gasteiger charge is -2.24. The Morgan fingerprint density at radius 1 is 0.275 bits per heavy atom. The van der Waals surface area contributed by atoms with Gasteiger partial charge in [0.15, 0.2) is 11.6 Å². The molecule has 17 heteroatoms. The second-order valence-electron chi connectivity index (χ2n) is 32.7. The zero-order chi connectivity index (χ0) is 79.6. The molecule has 0 unspecified atom stereocenters. The highest BCUT2D eigenvalue weighted by Crippen LogP contribution is 2.41. The predicted molar refractivity (Wildman–Crippen MR) is 424 cm³/mol. The van der Waals surface area contributed by atoms with E-state index in [0.717, 1.165) is 21.1 Å². The first-order valence-corrected chi connectivity index (χ1v) is 35.8. The minimum Gasteiger partial charge on any atom is -0.496 e.